The number of rotatable bonds is 5. The summed E-state index contributed by atoms with van der Waals surface area (Å²) in [7, 11) is -3.56. The monoisotopic (exact) mass is 451 g/mol. The molecule has 126 valence electrons. The highest BCUT2D eigenvalue weighted by Gasteiger charge is 2.26. The Balaban J connectivity index is 2.11. The fourth-order valence-corrected chi connectivity index (χ4v) is 3.52. The van der Waals surface area contributed by atoms with Gasteiger partial charge in [-0.15, -0.1) is 0 Å². The minimum absolute atomic E-state index is 0.236. The summed E-state index contributed by atoms with van der Waals surface area (Å²) >= 11 is 2.13. The molecule has 0 spiro atoms. The Hall–Kier alpha value is -1.36. The molecule has 0 N–H and O–H groups in total. The Morgan fingerprint density at radius 3 is 2.26 bits per heavy atom. The minimum atomic E-state index is -3.56. The molecule has 1 heterocycles. The predicted octanol–water partition coefficient (Wildman–Crippen LogP) is 0.358. The van der Waals surface area contributed by atoms with Crippen molar-refractivity contribution in [3.05, 3.63) is 27.8 Å². The van der Waals surface area contributed by atoms with Crippen LogP contribution in [0, 0.1) is 3.57 Å². The average molecular weight is 451 g/mol. The number of carbonyl (C=O) groups is 2. The molecule has 0 radical (unpaired) electrons. The molecule has 1 fully saturated rings. The first-order valence-electron chi connectivity index (χ1n) is 7.01. The van der Waals surface area contributed by atoms with Gasteiger partial charge in [0.15, 0.2) is 0 Å². The van der Waals surface area contributed by atoms with Crippen molar-refractivity contribution < 1.29 is 18.0 Å². The van der Waals surface area contributed by atoms with Crippen molar-refractivity contribution in [1.82, 2.24) is 9.80 Å². The zero-order valence-electron chi connectivity index (χ0n) is 12.7. The maximum absolute atomic E-state index is 12.4. The van der Waals surface area contributed by atoms with Gasteiger partial charge in [-0.1, -0.05) is 0 Å². The van der Waals surface area contributed by atoms with Gasteiger partial charge in [0.25, 0.3) is 0 Å². The third kappa shape index (κ3) is 4.80. The number of hydrogen-bond donors (Lipinski definition) is 0. The number of hydrogen-bond acceptors (Lipinski definition) is 4. The van der Waals surface area contributed by atoms with E-state index in [1.807, 2.05) is 0 Å². The van der Waals surface area contributed by atoms with E-state index >= 15 is 0 Å². The molecule has 1 aliphatic heterocycles. The second kappa shape index (κ2) is 7.47. The number of benzene rings is 1. The molecule has 1 aromatic rings. The highest BCUT2D eigenvalue weighted by Crippen LogP contribution is 2.19. The molecular formula is C14H18IN3O4S. The molecule has 0 saturated carbocycles. The molecule has 23 heavy (non-hydrogen) atoms. The van der Waals surface area contributed by atoms with Gasteiger partial charge in [-0.3, -0.25) is 13.9 Å². The largest absolute Gasteiger partial charge is 0.342 e. The van der Waals surface area contributed by atoms with E-state index in [-0.39, 0.29) is 12.5 Å². The fraction of sp³-hybridized carbons (Fsp3) is 0.429. The van der Waals surface area contributed by atoms with Crippen molar-refractivity contribution in [3.63, 3.8) is 0 Å². The summed E-state index contributed by atoms with van der Waals surface area (Å²) in [5.74, 6) is -0.264. The van der Waals surface area contributed by atoms with Gasteiger partial charge in [0, 0.05) is 29.7 Å². The molecule has 0 aliphatic carbocycles. The van der Waals surface area contributed by atoms with Crippen LogP contribution in [-0.2, 0) is 19.6 Å². The summed E-state index contributed by atoms with van der Waals surface area (Å²) in [4.78, 5) is 26.3. The maximum atomic E-state index is 12.4. The predicted molar refractivity (Wildman–Crippen MR) is 95.6 cm³/mol. The van der Waals surface area contributed by atoms with Crippen LogP contribution in [0.4, 0.5) is 5.69 Å². The molecule has 7 nitrogen and oxygen atoms in total. The van der Waals surface area contributed by atoms with E-state index in [0.717, 1.165) is 20.5 Å². The van der Waals surface area contributed by atoms with E-state index in [1.165, 1.54) is 0 Å². The zero-order chi connectivity index (χ0) is 17.0. The fourth-order valence-electron chi connectivity index (χ4n) is 2.31. The SMILES string of the molecule is CS(=O)(=O)N(CC(=O)N1CCN(C=O)CC1)c1ccc(I)cc1. The number of amides is 2. The summed E-state index contributed by atoms with van der Waals surface area (Å²) in [5, 5.41) is 0. The summed E-state index contributed by atoms with van der Waals surface area (Å²) in [6.45, 7) is 1.54. The number of sulfonamides is 1. The minimum Gasteiger partial charge on any atom is -0.342 e. The molecular weight excluding hydrogens is 433 g/mol. The molecule has 1 aromatic carbocycles. The lowest BCUT2D eigenvalue weighted by atomic mass is 10.3. The van der Waals surface area contributed by atoms with E-state index in [4.69, 9.17) is 0 Å². The quantitative estimate of drug-likeness (QED) is 0.479. The number of nitrogens with zero attached hydrogens (tertiary/aromatic N) is 3. The van der Waals surface area contributed by atoms with Crippen LogP contribution in [0.15, 0.2) is 24.3 Å². The number of carbonyl (C=O) groups excluding carboxylic acids is 2. The lowest BCUT2D eigenvalue weighted by Gasteiger charge is -2.34. The van der Waals surface area contributed by atoms with Crippen LogP contribution in [0.1, 0.15) is 0 Å². The van der Waals surface area contributed by atoms with Gasteiger partial charge in [0.1, 0.15) is 6.54 Å². The van der Waals surface area contributed by atoms with Gasteiger partial charge in [0.2, 0.25) is 22.3 Å². The number of piperazine rings is 1. The van der Waals surface area contributed by atoms with Gasteiger partial charge in [0.05, 0.1) is 11.9 Å². The Kier molecular flexibility index (Phi) is 5.84. The third-order valence-corrected chi connectivity index (χ3v) is 5.47. The molecule has 0 bridgehead atoms. The number of halogens is 1. The van der Waals surface area contributed by atoms with Gasteiger partial charge >= 0.3 is 0 Å². The van der Waals surface area contributed by atoms with Crippen LogP contribution in [-0.4, -0.2) is 69.5 Å². The lowest BCUT2D eigenvalue weighted by Crippen LogP contribution is -2.51. The van der Waals surface area contributed by atoms with Crippen LogP contribution in [0.2, 0.25) is 0 Å². The molecule has 1 saturated heterocycles. The molecule has 1 aliphatic rings. The van der Waals surface area contributed by atoms with Gasteiger partial charge in [-0.25, -0.2) is 8.42 Å². The van der Waals surface area contributed by atoms with Gasteiger partial charge in [-0.2, -0.15) is 0 Å². The van der Waals surface area contributed by atoms with E-state index in [2.05, 4.69) is 22.6 Å². The van der Waals surface area contributed by atoms with E-state index in [0.29, 0.717) is 31.9 Å². The maximum Gasteiger partial charge on any atom is 0.243 e. The van der Waals surface area contributed by atoms with Crippen molar-refractivity contribution in [3.8, 4) is 0 Å². The molecule has 2 amide bonds. The first-order chi connectivity index (χ1) is 10.8. The number of anilines is 1. The summed E-state index contributed by atoms with van der Waals surface area (Å²) in [6, 6.07) is 6.95. The van der Waals surface area contributed by atoms with E-state index in [9.17, 15) is 18.0 Å². The van der Waals surface area contributed by atoms with Crippen LogP contribution in [0.25, 0.3) is 0 Å². The first-order valence-corrected chi connectivity index (χ1v) is 9.94. The summed E-state index contributed by atoms with van der Waals surface area (Å²) in [6.07, 6.45) is 1.85. The van der Waals surface area contributed by atoms with Crippen LogP contribution in [0.5, 0.6) is 0 Å². The van der Waals surface area contributed by atoms with Crippen LogP contribution < -0.4 is 4.31 Å². The Morgan fingerprint density at radius 2 is 1.78 bits per heavy atom. The van der Waals surface area contributed by atoms with Gasteiger partial charge < -0.3 is 9.80 Å². The van der Waals surface area contributed by atoms with Crippen LogP contribution in [0.3, 0.4) is 0 Å². The van der Waals surface area contributed by atoms with Crippen molar-refractivity contribution in [2.45, 2.75) is 0 Å². The van der Waals surface area contributed by atoms with Crippen molar-refractivity contribution in [2.24, 2.45) is 0 Å². The first kappa shape index (κ1) is 18.0. The second-order valence-electron chi connectivity index (χ2n) is 5.27. The molecule has 9 heteroatoms. The van der Waals surface area contributed by atoms with E-state index in [1.54, 1.807) is 34.1 Å². The molecule has 0 unspecified atom stereocenters. The lowest BCUT2D eigenvalue weighted by molar-refractivity contribution is -0.133. The summed E-state index contributed by atoms with van der Waals surface area (Å²) < 4.78 is 26.2. The average Bonchev–Trinajstić information content (AvgIpc) is 2.52. The van der Waals surface area contributed by atoms with Crippen molar-refractivity contribution in [1.29, 1.82) is 0 Å². The highest BCUT2D eigenvalue weighted by molar-refractivity contribution is 14.1. The second-order valence-corrected chi connectivity index (χ2v) is 8.42. The highest BCUT2D eigenvalue weighted by atomic mass is 127. The molecule has 0 aromatic heterocycles. The topological polar surface area (TPSA) is 78.0 Å². The van der Waals surface area contributed by atoms with Crippen LogP contribution >= 0.6 is 22.6 Å². The zero-order valence-corrected chi connectivity index (χ0v) is 15.7. The van der Waals surface area contributed by atoms with Gasteiger partial charge in [-0.05, 0) is 46.9 Å². The Labute approximate surface area is 149 Å². The normalized spacial score (nSPS) is 15.4. The summed E-state index contributed by atoms with van der Waals surface area (Å²) in [5.41, 5.74) is 0.466. The van der Waals surface area contributed by atoms with Crippen molar-refractivity contribution >= 4 is 50.6 Å². The molecule has 0 atom stereocenters. The molecule has 2 rings (SSSR count). The third-order valence-electron chi connectivity index (χ3n) is 3.61. The van der Waals surface area contributed by atoms with Crippen molar-refractivity contribution in [2.75, 3.05) is 43.3 Å². The van der Waals surface area contributed by atoms with E-state index < -0.39 is 10.0 Å². The Bertz CT molecular complexity index is 670. The Morgan fingerprint density at radius 1 is 1.22 bits per heavy atom. The standard InChI is InChI=1S/C14H18IN3O4S/c1-23(21,22)18(13-4-2-12(15)3-5-13)10-14(20)17-8-6-16(11-19)7-9-17/h2-5,11H,6-10H2,1H3. The smallest absolute Gasteiger partial charge is 0.243 e.